The van der Waals surface area contributed by atoms with Crippen LogP contribution in [0.1, 0.15) is 23.2 Å². The second-order valence-electron chi connectivity index (χ2n) is 5.07. The van der Waals surface area contributed by atoms with E-state index in [4.69, 9.17) is 4.74 Å². The van der Waals surface area contributed by atoms with E-state index in [9.17, 15) is 4.79 Å². The van der Waals surface area contributed by atoms with Gasteiger partial charge in [-0.15, -0.1) is 0 Å². The fourth-order valence-corrected chi connectivity index (χ4v) is 2.08. The van der Waals surface area contributed by atoms with Gasteiger partial charge >= 0.3 is 0 Å². The van der Waals surface area contributed by atoms with E-state index in [1.807, 2.05) is 12.1 Å². The van der Waals surface area contributed by atoms with Gasteiger partial charge in [0, 0.05) is 40.1 Å². The largest absolute Gasteiger partial charge is 0.381 e. The Morgan fingerprint density at radius 2 is 2.16 bits per heavy atom. The third-order valence-electron chi connectivity index (χ3n) is 3.33. The van der Waals surface area contributed by atoms with E-state index < -0.39 is 0 Å². The molecular formula is C14H21N3O2. The maximum absolute atomic E-state index is 11.7. The fraction of sp³-hybridized carbons (Fsp3) is 0.571. The number of hydrogen-bond donors (Lipinski definition) is 1. The first-order valence-electron chi connectivity index (χ1n) is 6.66. The Morgan fingerprint density at radius 1 is 1.42 bits per heavy atom. The highest BCUT2D eigenvalue weighted by Crippen LogP contribution is 2.15. The number of pyridine rings is 1. The topological polar surface area (TPSA) is 54.5 Å². The van der Waals surface area contributed by atoms with E-state index in [0.717, 1.165) is 38.4 Å². The minimum Gasteiger partial charge on any atom is -0.381 e. The molecule has 0 spiro atoms. The molecular weight excluding hydrogens is 242 g/mol. The van der Waals surface area contributed by atoms with E-state index in [1.54, 1.807) is 25.2 Å². The maximum atomic E-state index is 11.7. The monoisotopic (exact) mass is 263 g/mol. The normalized spacial score (nSPS) is 16.1. The van der Waals surface area contributed by atoms with Gasteiger partial charge in [0.15, 0.2) is 0 Å². The number of carbonyl (C=O) groups excluding carboxylic acids is 1. The Labute approximate surface area is 114 Å². The summed E-state index contributed by atoms with van der Waals surface area (Å²) in [4.78, 5) is 17.5. The van der Waals surface area contributed by atoms with E-state index in [1.165, 1.54) is 0 Å². The number of nitrogens with zero attached hydrogens (tertiary/aromatic N) is 2. The summed E-state index contributed by atoms with van der Waals surface area (Å²) in [5.41, 5.74) is 0.613. The van der Waals surface area contributed by atoms with Crippen molar-refractivity contribution < 1.29 is 9.53 Å². The summed E-state index contributed by atoms with van der Waals surface area (Å²) in [5.74, 6) is 1.45. The Hall–Kier alpha value is -1.62. The highest BCUT2D eigenvalue weighted by molar-refractivity contribution is 5.93. The molecule has 0 unspecified atom stereocenters. The minimum atomic E-state index is -0.0246. The molecule has 2 rings (SSSR count). The zero-order valence-electron chi connectivity index (χ0n) is 11.6. The Bertz CT molecular complexity index is 411. The van der Waals surface area contributed by atoms with Crippen LogP contribution in [0.3, 0.4) is 0 Å². The molecule has 0 atom stereocenters. The molecule has 1 aromatic rings. The van der Waals surface area contributed by atoms with Crippen LogP contribution >= 0.6 is 0 Å². The van der Waals surface area contributed by atoms with Crippen LogP contribution in [0, 0.1) is 5.92 Å². The van der Waals surface area contributed by atoms with Crippen LogP contribution in [0.5, 0.6) is 0 Å². The highest BCUT2D eigenvalue weighted by Gasteiger charge is 2.13. The number of anilines is 1. The summed E-state index contributed by atoms with van der Waals surface area (Å²) < 4.78 is 5.33. The van der Waals surface area contributed by atoms with Gasteiger partial charge in [-0.3, -0.25) is 4.79 Å². The lowest BCUT2D eigenvalue weighted by atomic mass is 10.0. The van der Waals surface area contributed by atoms with Crippen molar-refractivity contribution in [3.63, 3.8) is 0 Å². The third kappa shape index (κ3) is 3.92. The average Bonchev–Trinajstić information content (AvgIpc) is 2.46. The summed E-state index contributed by atoms with van der Waals surface area (Å²) in [6.45, 7) is 2.63. The predicted octanol–water partition coefficient (Wildman–Crippen LogP) is 1.62. The molecule has 1 aromatic heterocycles. The SMILES string of the molecule is CN(C)C(=O)c1ccc(NCC2CCOCC2)nc1. The molecule has 1 N–H and O–H groups in total. The first-order chi connectivity index (χ1) is 9.16. The third-order valence-corrected chi connectivity index (χ3v) is 3.33. The van der Waals surface area contributed by atoms with Crippen LogP contribution in [-0.2, 0) is 4.74 Å². The molecule has 5 heteroatoms. The lowest BCUT2D eigenvalue weighted by molar-refractivity contribution is 0.0699. The molecule has 0 bridgehead atoms. The van der Waals surface area contributed by atoms with Gasteiger partial charge in [0.1, 0.15) is 5.82 Å². The molecule has 104 valence electrons. The lowest BCUT2D eigenvalue weighted by Crippen LogP contribution is -2.23. The number of carbonyl (C=O) groups is 1. The molecule has 5 nitrogen and oxygen atoms in total. The van der Waals surface area contributed by atoms with Crippen molar-refractivity contribution in [1.29, 1.82) is 0 Å². The number of amides is 1. The van der Waals surface area contributed by atoms with Crippen molar-refractivity contribution in [2.75, 3.05) is 39.2 Å². The maximum Gasteiger partial charge on any atom is 0.254 e. The van der Waals surface area contributed by atoms with Crippen LogP contribution in [0.2, 0.25) is 0 Å². The van der Waals surface area contributed by atoms with Gasteiger partial charge in [0.05, 0.1) is 5.56 Å². The van der Waals surface area contributed by atoms with Gasteiger partial charge in [0.25, 0.3) is 5.91 Å². The van der Waals surface area contributed by atoms with E-state index in [-0.39, 0.29) is 5.91 Å². The summed E-state index contributed by atoms with van der Waals surface area (Å²) in [5, 5.41) is 3.32. The first kappa shape index (κ1) is 13.8. The van der Waals surface area contributed by atoms with Crippen molar-refractivity contribution in [2.24, 2.45) is 5.92 Å². The van der Waals surface area contributed by atoms with Crippen LogP contribution < -0.4 is 5.32 Å². The summed E-state index contributed by atoms with van der Waals surface area (Å²) in [6.07, 6.45) is 3.82. The molecule has 2 heterocycles. The molecule has 0 radical (unpaired) electrons. The summed E-state index contributed by atoms with van der Waals surface area (Å²) in [7, 11) is 3.47. The number of aromatic nitrogens is 1. The fourth-order valence-electron chi connectivity index (χ4n) is 2.08. The van der Waals surface area contributed by atoms with Gasteiger partial charge < -0.3 is 15.0 Å². The summed E-state index contributed by atoms with van der Waals surface area (Å²) >= 11 is 0. The van der Waals surface area contributed by atoms with E-state index >= 15 is 0 Å². The van der Waals surface area contributed by atoms with Crippen LogP contribution in [-0.4, -0.2) is 49.6 Å². The molecule has 1 aliphatic heterocycles. The minimum absolute atomic E-state index is 0.0246. The Kier molecular flexibility index (Phi) is 4.74. The predicted molar refractivity (Wildman–Crippen MR) is 74.3 cm³/mol. The molecule has 0 saturated carbocycles. The number of rotatable bonds is 4. The molecule has 1 aliphatic rings. The van der Waals surface area contributed by atoms with Gasteiger partial charge in [-0.25, -0.2) is 4.98 Å². The van der Waals surface area contributed by atoms with Crippen molar-refractivity contribution in [3.8, 4) is 0 Å². The number of nitrogens with one attached hydrogen (secondary N) is 1. The smallest absolute Gasteiger partial charge is 0.254 e. The van der Waals surface area contributed by atoms with E-state index in [0.29, 0.717) is 11.5 Å². The molecule has 0 aromatic carbocycles. The molecule has 0 aliphatic carbocycles. The highest BCUT2D eigenvalue weighted by atomic mass is 16.5. The number of hydrogen-bond acceptors (Lipinski definition) is 4. The molecule has 1 fully saturated rings. The van der Waals surface area contributed by atoms with Gasteiger partial charge in [-0.2, -0.15) is 0 Å². The van der Waals surface area contributed by atoms with Crippen molar-refractivity contribution in [2.45, 2.75) is 12.8 Å². The second-order valence-corrected chi connectivity index (χ2v) is 5.07. The Balaban J connectivity index is 1.86. The van der Waals surface area contributed by atoms with Crippen LogP contribution in [0.4, 0.5) is 5.82 Å². The van der Waals surface area contributed by atoms with Crippen LogP contribution in [0.25, 0.3) is 0 Å². The standard InChI is InChI=1S/C14H21N3O2/c1-17(2)14(18)12-3-4-13(16-10-12)15-9-11-5-7-19-8-6-11/h3-4,10-11H,5-9H2,1-2H3,(H,15,16). The molecule has 19 heavy (non-hydrogen) atoms. The number of ether oxygens (including phenoxy) is 1. The lowest BCUT2D eigenvalue weighted by Gasteiger charge is -2.22. The molecule has 1 saturated heterocycles. The second kappa shape index (κ2) is 6.52. The summed E-state index contributed by atoms with van der Waals surface area (Å²) in [6, 6.07) is 3.66. The zero-order valence-corrected chi connectivity index (χ0v) is 11.6. The quantitative estimate of drug-likeness (QED) is 0.897. The van der Waals surface area contributed by atoms with Gasteiger partial charge in [0.2, 0.25) is 0 Å². The van der Waals surface area contributed by atoms with Gasteiger partial charge in [-0.1, -0.05) is 0 Å². The van der Waals surface area contributed by atoms with E-state index in [2.05, 4.69) is 10.3 Å². The van der Waals surface area contributed by atoms with Crippen molar-refractivity contribution >= 4 is 11.7 Å². The van der Waals surface area contributed by atoms with Crippen LogP contribution in [0.15, 0.2) is 18.3 Å². The van der Waals surface area contributed by atoms with Crippen molar-refractivity contribution in [3.05, 3.63) is 23.9 Å². The Morgan fingerprint density at radius 3 is 2.74 bits per heavy atom. The van der Waals surface area contributed by atoms with Crippen molar-refractivity contribution in [1.82, 2.24) is 9.88 Å². The average molecular weight is 263 g/mol. The zero-order chi connectivity index (χ0) is 13.7. The first-order valence-corrected chi connectivity index (χ1v) is 6.66. The van der Waals surface area contributed by atoms with Gasteiger partial charge in [-0.05, 0) is 30.9 Å². The molecule has 1 amide bonds.